The lowest BCUT2D eigenvalue weighted by atomic mass is 10.1. The summed E-state index contributed by atoms with van der Waals surface area (Å²) < 4.78 is 37.1. The lowest BCUT2D eigenvalue weighted by Gasteiger charge is -2.07. The van der Waals surface area contributed by atoms with Crippen molar-refractivity contribution in [3.8, 4) is 11.5 Å². The van der Waals surface area contributed by atoms with Gasteiger partial charge in [0.05, 0.1) is 12.7 Å². The zero-order chi connectivity index (χ0) is 16.4. The number of halogens is 2. The lowest BCUT2D eigenvalue weighted by molar-refractivity contribution is 0.0735. The fourth-order valence-electron chi connectivity index (χ4n) is 2.20. The van der Waals surface area contributed by atoms with Crippen LogP contribution < -0.4 is 9.47 Å². The van der Waals surface area contributed by atoms with Gasteiger partial charge in [0.2, 0.25) is 0 Å². The Labute approximate surface area is 131 Å². The van der Waals surface area contributed by atoms with Crippen molar-refractivity contribution in [2.24, 2.45) is 0 Å². The first-order chi connectivity index (χ1) is 11.1. The number of rotatable bonds is 3. The van der Waals surface area contributed by atoms with Gasteiger partial charge in [0.15, 0.2) is 11.6 Å². The van der Waals surface area contributed by atoms with E-state index in [1.54, 1.807) is 24.3 Å². The Balaban J connectivity index is 1.87. The largest absolute Gasteiger partial charge is 0.497 e. The third-order valence-corrected chi connectivity index (χ3v) is 3.41. The van der Waals surface area contributed by atoms with Gasteiger partial charge in [-0.05, 0) is 47.9 Å². The normalized spacial score (nSPS) is 10.6. The van der Waals surface area contributed by atoms with Crippen LogP contribution in [0.2, 0.25) is 0 Å². The first kappa shape index (κ1) is 15.0. The first-order valence-corrected chi connectivity index (χ1v) is 6.82. The van der Waals surface area contributed by atoms with Crippen LogP contribution in [0.1, 0.15) is 10.4 Å². The molecule has 0 saturated heterocycles. The highest BCUT2D eigenvalue weighted by Crippen LogP contribution is 2.23. The van der Waals surface area contributed by atoms with Gasteiger partial charge in [0.25, 0.3) is 0 Å². The second kappa shape index (κ2) is 6.04. The molecule has 3 nitrogen and oxygen atoms in total. The highest BCUT2D eigenvalue weighted by molar-refractivity contribution is 5.96. The fraction of sp³-hybridized carbons (Fsp3) is 0.0556. The molecule has 0 saturated carbocycles. The lowest BCUT2D eigenvalue weighted by Crippen LogP contribution is -2.08. The molecule has 116 valence electrons. The number of esters is 1. The maximum Gasteiger partial charge on any atom is 0.343 e. The van der Waals surface area contributed by atoms with Crippen LogP contribution in [-0.4, -0.2) is 13.1 Å². The number of hydrogen-bond donors (Lipinski definition) is 0. The number of ether oxygens (including phenoxy) is 2. The van der Waals surface area contributed by atoms with Gasteiger partial charge in [-0.3, -0.25) is 0 Å². The summed E-state index contributed by atoms with van der Waals surface area (Å²) in [6, 6.07) is 13.2. The zero-order valence-electron chi connectivity index (χ0n) is 12.2. The number of benzene rings is 3. The molecule has 0 N–H and O–H groups in total. The van der Waals surface area contributed by atoms with Crippen LogP contribution in [-0.2, 0) is 0 Å². The smallest absolute Gasteiger partial charge is 0.343 e. The van der Waals surface area contributed by atoms with E-state index < -0.39 is 17.6 Å². The highest BCUT2D eigenvalue weighted by atomic mass is 19.2. The van der Waals surface area contributed by atoms with E-state index in [-0.39, 0.29) is 10.9 Å². The van der Waals surface area contributed by atoms with Crippen molar-refractivity contribution in [3.05, 3.63) is 71.8 Å². The molecule has 0 heterocycles. The average molecular weight is 314 g/mol. The van der Waals surface area contributed by atoms with E-state index in [0.717, 1.165) is 6.07 Å². The molecule has 0 spiro atoms. The molecule has 3 aromatic carbocycles. The fourth-order valence-corrected chi connectivity index (χ4v) is 2.20. The Morgan fingerprint density at radius 3 is 2.30 bits per heavy atom. The molecule has 3 aromatic rings. The summed E-state index contributed by atoms with van der Waals surface area (Å²) in [7, 11) is 1.54. The van der Waals surface area contributed by atoms with Gasteiger partial charge < -0.3 is 9.47 Å². The molecular weight excluding hydrogens is 302 g/mol. The van der Waals surface area contributed by atoms with Crippen LogP contribution in [0.4, 0.5) is 8.78 Å². The van der Waals surface area contributed by atoms with Gasteiger partial charge in [-0.25, -0.2) is 13.6 Å². The summed E-state index contributed by atoms with van der Waals surface area (Å²) in [5.74, 6) is -1.43. The molecule has 0 aromatic heterocycles. The molecule has 23 heavy (non-hydrogen) atoms. The second-order valence-electron chi connectivity index (χ2n) is 4.86. The Bertz CT molecular complexity index is 873. The number of methoxy groups -OCH3 is 1. The molecule has 0 atom stereocenters. The van der Waals surface area contributed by atoms with Gasteiger partial charge in [-0.2, -0.15) is 0 Å². The molecule has 0 aliphatic carbocycles. The SMILES string of the molecule is COc1ccc(OC(=O)c2ccc3c(F)c(F)ccc3c2)cc1. The van der Waals surface area contributed by atoms with Crippen molar-refractivity contribution >= 4 is 16.7 Å². The van der Waals surface area contributed by atoms with E-state index in [0.29, 0.717) is 16.9 Å². The number of hydrogen-bond acceptors (Lipinski definition) is 3. The molecule has 5 heteroatoms. The maximum atomic E-state index is 13.6. The van der Waals surface area contributed by atoms with E-state index in [9.17, 15) is 13.6 Å². The van der Waals surface area contributed by atoms with E-state index in [1.807, 2.05) is 0 Å². The third-order valence-electron chi connectivity index (χ3n) is 3.41. The predicted octanol–water partition coefficient (Wildman–Crippen LogP) is 4.35. The van der Waals surface area contributed by atoms with Gasteiger partial charge >= 0.3 is 5.97 Å². The van der Waals surface area contributed by atoms with Crippen LogP contribution in [0.3, 0.4) is 0 Å². The molecule has 0 fully saturated rings. The number of carbonyl (C=O) groups is 1. The summed E-state index contributed by atoms with van der Waals surface area (Å²) in [4.78, 5) is 12.1. The van der Waals surface area contributed by atoms with Crippen molar-refractivity contribution in [1.82, 2.24) is 0 Å². The number of fused-ring (bicyclic) bond motifs is 1. The van der Waals surface area contributed by atoms with Crippen molar-refractivity contribution in [2.75, 3.05) is 7.11 Å². The van der Waals surface area contributed by atoms with Crippen LogP contribution in [0.25, 0.3) is 10.8 Å². The molecule has 0 radical (unpaired) electrons. The van der Waals surface area contributed by atoms with Crippen LogP contribution in [0, 0.1) is 11.6 Å². The molecule has 0 amide bonds. The Morgan fingerprint density at radius 2 is 1.61 bits per heavy atom. The Hall–Kier alpha value is -2.95. The van der Waals surface area contributed by atoms with Crippen LogP contribution >= 0.6 is 0 Å². The van der Waals surface area contributed by atoms with Crippen LogP contribution in [0.15, 0.2) is 54.6 Å². The Kier molecular flexibility index (Phi) is 3.93. The molecular formula is C18H12F2O3. The summed E-state index contributed by atoms with van der Waals surface area (Å²) in [5, 5.41) is 0.541. The van der Waals surface area contributed by atoms with E-state index in [1.165, 1.54) is 31.4 Å². The van der Waals surface area contributed by atoms with Crippen molar-refractivity contribution in [1.29, 1.82) is 0 Å². The van der Waals surface area contributed by atoms with Gasteiger partial charge in [0.1, 0.15) is 11.5 Å². The molecule has 0 bridgehead atoms. The van der Waals surface area contributed by atoms with Crippen molar-refractivity contribution < 1.29 is 23.0 Å². The second-order valence-corrected chi connectivity index (χ2v) is 4.86. The Morgan fingerprint density at radius 1 is 0.913 bits per heavy atom. The minimum absolute atomic E-state index is 0.117. The minimum atomic E-state index is -0.933. The molecule has 3 rings (SSSR count). The van der Waals surface area contributed by atoms with Gasteiger partial charge in [0, 0.05) is 5.39 Å². The predicted molar refractivity (Wildman–Crippen MR) is 81.8 cm³/mol. The summed E-state index contributed by atoms with van der Waals surface area (Å²) in [5.41, 5.74) is 0.249. The monoisotopic (exact) mass is 314 g/mol. The van der Waals surface area contributed by atoms with Gasteiger partial charge in [-0.15, -0.1) is 0 Å². The summed E-state index contributed by atoms with van der Waals surface area (Å²) >= 11 is 0. The third kappa shape index (κ3) is 2.99. The highest BCUT2D eigenvalue weighted by Gasteiger charge is 2.12. The van der Waals surface area contributed by atoms with Crippen molar-refractivity contribution in [2.45, 2.75) is 0 Å². The summed E-state index contributed by atoms with van der Waals surface area (Å²) in [6.45, 7) is 0. The van der Waals surface area contributed by atoms with Crippen molar-refractivity contribution in [3.63, 3.8) is 0 Å². The summed E-state index contributed by atoms with van der Waals surface area (Å²) in [6.07, 6.45) is 0. The minimum Gasteiger partial charge on any atom is -0.497 e. The molecule has 0 unspecified atom stereocenters. The molecule has 0 aliphatic heterocycles. The molecule has 0 aliphatic rings. The zero-order valence-corrected chi connectivity index (χ0v) is 12.2. The maximum absolute atomic E-state index is 13.6. The van der Waals surface area contributed by atoms with E-state index >= 15 is 0 Å². The average Bonchev–Trinajstić information content (AvgIpc) is 2.58. The quantitative estimate of drug-likeness (QED) is 0.533. The van der Waals surface area contributed by atoms with E-state index in [4.69, 9.17) is 9.47 Å². The first-order valence-electron chi connectivity index (χ1n) is 6.82. The standard InChI is InChI=1S/C18H12F2O3/c1-22-13-4-6-14(7-5-13)23-18(21)12-2-8-15-11(10-12)3-9-16(19)17(15)20/h2-10H,1H3. The number of carbonyl (C=O) groups excluding carboxylic acids is 1. The van der Waals surface area contributed by atoms with E-state index in [2.05, 4.69) is 0 Å². The van der Waals surface area contributed by atoms with Gasteiger partial charge in [-0.1, -0.05) is 12.1 Å². The van der Waals surface area contributed by atoms with Crippen LogP contribution in [0.5, 0.6) is 11.5 Å². The topological polar surface area (TPSA) is 35.5 Å².